The zero-order chi connectivity index (χ0) is 13.8. The molecule has 2 heterocycles. The molecule has 0 saturated carbocycles. The van der Waals surface area contributed by atoms with Crippen LogP contribution in [0.15, 0.2) is 0 Å². The Hall–Kier alpha value is -0.900. The first-order chi connectivity index (χ1) is 9.10. The lowest BCUT2D eigenvalue weighted by molar-refractivity contribution is -0.128. The van der Waals surface area contributed by atoms with E-state index in [-0.39, 0.29) is 11.9 Å². The summed E-state index contributed by atoms with van der Waals surface area (Å²) in [6.45, 7) is 4.92. The van der Waals surface area contributed by atoms with Gasteiger partial charge in [0.2, 0.25) is 5.91 Å². The average molecular weight is 266 g/mol. The second kappa shape index (κ2) is 6.51. The molecule has 3 atom stereocenters. The van der Waals surface area contributed by atoms with Crippen LogP contribution in [-0.2, 0) is 9.59 Å². The third-order valence-corrected chi connectivity index (χ3v) is 4.56. The molecule has 2 rings (SSSR count). The Kier molecular flexibility index (Phi) is 4.97. The van der Waals surface area contributed by atoms with Crippen LogP contribution in [0.5, 0.6) is 0 Å². The molecule has 0 radical (unpaired) electrons. The molecule has 4 heteroatoms. The fraction of sp³-hybridized carbons (Fsp3) is 0.867. The van der Waals surface area contributed by atoms with E-state index in [0.717, 1.165) is 25.8 Å². The molecule has 0 aromatic rings. The molecule has 2 aliphatic heterocycles. The summed E-state index contributed by atoms with van der Waals surface area (Å²) in [7, 11) is 0. The predicted octanol–water partition coefficient (Wildman–Crippen LogP) is 1.88. The smallest absolute Gasteiger partial charge is 0.221 e. The number of ketones is 1. The van der Waals surface area contributed by atoms with E-state index in [2.05, 4.69) is 17.1 Å². The lowest BCUT2D eigenvalue weighted by Crippen LogP contribution is -2.53. The second-order valence-electron chi connectivity index (χ2n) is 6.05. The van der Waals surface area contributed by atoms with E-state index >= 15 is 0 Å². The zero-order valence-electron chi connectivity index (χ0n) is 12.2. The highest BCUT2D eigenvalue weighted by atomic mass is 16.1. The highest BCUT2D eigenvalue weighted by Crippen LogP contribution is 2.32. The Morgan fingerprint density at radius 2 is 2.00 bits per heavy atom. The molecule has 2 fully saturated rings. The number of Topliss-reactive ketones (excluding diaryl/α,β-unsaturated/α-hetero) is 1. The molecule has 0 spiro atoms. The molecule has 4 nitrogen and oxygen atoms in total. The van der Waals surface area contributed by atoms with Crippen molar-refractivity contribution in [3.63, 3.8) is 0 Å². The van der Waals surface area contributed by atoms with Crippen molar-refractivity contribution in [3.8, 4) is 0 Å². The Labute approximate surface area is 115 Å². The maximum Gasteiger partial charge on any atom is 0.221 e. The van der Waals surface area contributed by atoms with Crippen LogP contribution < -0.4 is 5.32 Å². The summed E-state index contributed by atoms with van der Waals surface area (Å²) < 4.78 is 0. The molecule has 3 unspecified atom stereocenters. The van der Waals surface area contributed by atoms with Crippen LogP contribution in [0.2, 0.25) is 0 Å². The van der Waals surface area contributed by atoms with Crippen LogP contribution in [0, 0.1) is 0 Å². The summed E-state index contributed by atoms with van der Waals surface area (Å²) in [4.78, 5) is 25.9. The fourth-order valence-electron chi connectivity index (χ4n) is 3.31. The van der Waals surface area contributed by atoms with Crippen molar-refractivity contribution in [1.29, 1.82) is 0 Å². The van der Waals surface area contributed by atoms with Crippen molar-refractivity contribution in [2.24, 2.45) is 0 Å². The molecular weight excluding hydrogens is 240 g/mol. The Morgan fingerprint density at radius 3 is 2.58 bits per heavy atom. The normalized spacial score (nSPS) is 29.1. The van der Waals surface area contributed by atoms with Crippen LogP contribution in [0.25, 0.3) is 0 Å². The van der Waals surface area contributed by atoms with Crippen LogP contribution in [0.4, 0.5) is 0 Å². The molecule has 0 aromatic carbocycles. The number of nitrogens with zero attached hydrogens (tertiary/aromatic N) is 1. The first-order valence-corrected chi connectivity index (χ1v) is 7.67. The SMILES string of the molecule is CCC(C)NC(=O)CCN1C2CCCC1CC(=O)C2. The minimum Gasteiger partial charge on any atom is -0.354 e. The van der Waals surface area contributed by atoms with E-state index in [1.54, 1.807) is 0 Å². The molecular formula is C15H26N2O2. The molecule has 2 bridgehead atoms. The minimum absolute atomic E-state index is 0.143. The fourth-order valence-corrected chi connectivity index (χ4v) is 3.31. The average Bonchev–Trinajstić information content (AvgIpc) is 2.36. The van der Waals surface area contributed by atoms with Crippen molar-refractivity contribution in [1.82, 2.24) is 10.2 Å². The maximum absolute atomic E-state index is 11.8. The Bertz CT molecular complexity index is 327. The predicted molar refractivity (Wildman–Crippen MR) is 74.9 cm³/mol. The summed E-state index contributed by atoms with van der Waals surface area (Å²) in [5.74, 6) is 0.555. The van der Waals surface area contributed by atoms with Gasteiger partial charge in [-0.05, 0) is 26.2 Å². The van der Waals surface area contributed by atoms with E-state index in [1.165, 1.54) is 6.42 Å². The lowest BCUT2D eigenvalue weighted by atomic mass is 9.83. The van der Waals surface area contributed by atoms with Crippen molar-refractivity contribution in [2.45, 2.75) is 76.9 Å². The van der Waals surface area contributed by atoms with Crippen molar-refractivity contribution in [2.75, 3.05) is 6.54 Å². The topological polar surface area (TPSA) is 49.4 Å². The largest absolute Gasteiger partial charge is 0.354 e. The van der Waals surface area contributed by atoms with Gasteiger partial charge in [-0.3, -0.25) is 14.5 Å². The standard InChI is InChI=1S/C15H26N2O2/c1-3-11(2)16-15(19)7-8-17-12-5-4-6-13(17)10-14(18)9-12/h11-13H,3-10H2,1-2H3,(H,16,19). The van der Waals surface area contributed by atoms with Crippen LogP contribution >= 0.6 is 0 Å². The highest BCUT2D eigenvalue weighted by molar-refractivity contribution is 5.80. The summed E-state index contributed by atoms with van der Waals surface area (Å²) in [6, 6.07) is 1.06. The van der Waals surface area contributed by atoms with Gasteiger partial charge in [0.1, 0.15) is 5.78 Å². The van der Waals surface area contributed by atoms with Crippen LogP contribution in [0.3, 0.4) is 0 Å². The van der Waals surface area contributed by atoms with Crippen molar-refractivity contribution >= 4 is 11.7 Å². The van der Waals surface area contributed by atoms with E-state index in [1.807, 2.05) is 6.92 Å². The van der Waals surface area contributed by atoms with Crippen molar-refractivity contribution in [3.05, 3.63) is 0 Å². The van der Waals surface area contributed by atoms with Gasteiger partial charge in [-0.1, -0.05) is 13.3 Å². The maximum atomic E-state index is 11.8. The van der Waals surface area contributed by atoms with E-state index in [4.69, 9.17) is 0 Å². The van der Waals surface area contributed by atoms with Gasteiger partial charge in [0.15, 0.2) is 0 Å². The number of nitrogens with one attached hydrogen (secondary N) is 1. The Morgan fingerprint density at radius 1 is 1.37 bits per heavy atom. The van der Waals surface area contributed by atoms with Crippen LogP contribution in [0.1, 0.15) is 58.8 Å². The van der Waals surface area contributed by atoms with Crippen molar-refractivity contribution < 1.29 is 9.59 Å². The van der Waals surface area contributed by atoms with Crippen LogP contribution in [-0.4, -0.2) is 41.3 Å². The molecule has 1 amide bonds. The van der Waals surface area contributed by atoms with E-state index in [9.17, 15) is 9.59 Å². The first-order valence-electron chi connectivity index (χ1n) is 7.67. The molecule has 2 aliphatic rings. The summed E-state index contributed by atoms with van der Waals surface area (Å²) >= 11 is 0. The number of carbonyl (C=O) groups is 2. The third-order valence-electron chi connectivity index (χ3n) is 4.56. The number of amides is 1. The first kappa shape index (κ1) is 14.5. The number of rotatable bonds is 5. The third kappa shape index (κ3) is 3.78. The number of fused-ring (bicyclic) bond motifs is 2. The molecule has 0 aromatic heterocycles. The summed E-state index contributed by atoms with van der Waals surface area (Å²) in [6.07, 6.45) is 6.40. The lowest BCUT2D eigenvalue weighted by Gasteiger charge is -2.45. The second-order valence-corrected chi connectivity index (χ2v) is 6.05. The number of carbonyl (C=O) groups excluding carboxylic acids is 2. The minimum atomic E-state index is 0.143. The molecule has 2 saturated heterocycles. The van der Waals surface area contributed by atoms with Gasteiger partial charge in [0.25, 0.3) is 0 Å². The molecule has 108 valence electrons. The van der Waals surface area contributed by atoms with E-state index < -0.39 is 0 Å². The zero-order valence-corrected chi connectivity index (χ0v) is 12.2. The van der Waals surface area contributed by atoms with Gasteiger partial charge in [-0.25, -0.2) is 0 Å². The number of piperidine rings is 2. The Balaban J connectivity index is 1.82. The highest BCUT2D eigenvalue weighted by Gasteiger charge is 2.37. The molecule has 19 heavy (non-hydrogen) atoms. The summed E-state index contributed by atoms with van der Waals surface area (Å²) in [5, 5.41) is 3.01. The van der Waals surface area contributed by atoms with Gasteiger partial charge in [-0.15, -0.1) is 0 Å². The quantitative estimate of drug-likeness (QED) is 0.826. The van der Waals surface area contributed by atoms with Gasteiger partial charge in [-0.2, -0.15) is 0 Å². The monoisotopic (exact) mass is 266 g/mol. The molecule has 1 N–H and O–H groups in total. The number of hydrogen-bond acceptors (Lipinski definition) is 3. The van der Waals surface area contributed by atoms with Gasteiger partial charge in [0.05, 0.1) is 0 Å². The van der Waals surface area contributed by atoms with Gasteiger partial charge in [0, 0.05) is 43.9 Å². The number of hydrogen-bond donors (Lipinski definition) is 1. The van der Waals surface area contributed by atoms with Gasteiger partial charge < -0.3 is 5.32 Å². The van der Waals surface area contributed by atoms with Gasteiger partial charge >= 0.3 is 0 Å². The van der Waals surface area contributed by atoms with E-state index in [0.29, 0.717) is 37.1 Å². The molecule has 0 aliphatic carbocycles. The summed E-state index contributed by atoms with van der Waals surface area (Å²) in [5.41, 5.74) is 0.